The van der Waals surface area contributed by atoms with Crippen LogP contribution in [0.3, 0.4) is 0 Å². The highest BCUT2D eigenvalue weighted by Gasteiger charge is 2.36. The predicted octanol–water partition coefficient (Wildman–Crippen LogP) is 4.88. The predicted molar refractivity (Wildman–Crippen MR) is 138 cm³/mol. The van der Waals surface area contributed by atoms with Gasteiger partial charge in [-0.05, 0) is 64.4 Å². The van der Waals surface area contributed by atoms with E-state index >= 15 is 4.39 Å². The molecule has 1 unspecified atom stereocenters. The lowest BCUT2D eigenvalue weighted by Gasteiger charge is -2.34. The maximum absolute atomic E-state index is 15.2. The summed E-state index contributed by atoms with van der Waals surface area (Å²) >= 11 is 0. The second kappa shape index (κ2) is 9.89. The Kier molecular flexibility index (Phi) is 6.88. The topological polar surface area (TPSA) is 80.1 Å². The lowest BCUT2D eigenvalue weighted by Crippen LogP contribution is -2.50. The molecule has 4 aromatic rings. The fraction of sp³-hybridized carbons (Fsp3) is 0.286. The number of carbonyl (C=O) groups excluding carboxylic acids is 2. The van der Waals surface area contributed by atoms with Gasteiger partial charge >= 0.3 is 0 Å². The minimum Gasteiger partial charge on any atom is -0.349 e. The van der Waals surface area contributed by atoms with Gasteiger partial charge in [-0.2, -0.15) is 0 Å². The molecule has 7 nitrogen and oxygen atoms in total. The normalized spacial score (nSPS) is 12.4. The van der Waals surface area contributed by atoms with Crippen molar-refractivity contribution in [1.29, 1.82) is 0 Å². The number of halogens is 1. The quantitative estimate of drug-likeness (QED) is 0.421. The first kappa shape index (κ1) is 25.0. The molecule has 0 bridgehead atoms. The standard InChI is InChI=1S/C28H30FN5O2/c1-18-14-15-23(19(2)16-18)34(25(35)17-33-24-13-9-8-12-22(24)31-32-33)26(27(36)30-28(3,4)5)20-10-6-7-11-21(20)29/h6-16,26H,17H2,1-5H3,(H,30,36). The summed E-state index contributed by atoms with van der Waals surface area (Å²) in [6.45, 7) is 9.16. The fourth-order valence-corrected chi connectivity index (χ4v) is 4.26. The Labute approximate surface area is 209 Å². The van der Waals surface area contributed by atoms with E-state index in [1.165, 1.54) is 21.7 Å². The number of aryl methyl sites for hydroxylation is 2. The van der Waals surface area contributed by atoms with Crippen molar-refractivity contribution < 1.29 is 14.0 Å². The summed E-state index contributed by atoms with van der Waals surface area (Å²) in [5.41, 5.74) is 3.17. The van der Waals surface area contributed by atoms with Crippen molar-refractivity contribution in [3.8, 4) is 0 Å². The minimum absolute atomic E-state index is 0.107. The molecule has 1 heterocycles. The minimum atomic E-state index is -1.24. The number of nitrogens with zero attached hydrogens (tertiary/aromatic N) is 4. The van der Waals surface area contributed by atoms with Gasteiger partial charge in [0.15, 0.2) is 0 Å². The van der Waals surface area contributed by atoms with Crippen molar-refractivity contribution in [2.75, 3.05) is 4.90 Å². The zero-order valence-corrected chi connectivity index (χ0v) is 21.1. The third-order valence-electron chi connectivity index (χ3n) is 5.79. The molecule has 186 valence electrons. The van der Waals surface area contributed by atoms with Gasteiger partial charge in [0.2, 0.25) is 11.8 Å². The summed E-state index contributed by atoms with van der Waals surface area (Å²) in [4.78, 5) is 29.1. The third-order valence-corrected chi connectivity index (χ3v) is 5.79. The lowest BCUT2D eigenvalue weighted by atomic mass is 9.99. The maximum Gasteiger partial charge on any atom is 0.249 e. The number of aromatic nitrogens is 3. The van der Waals surface area contributed by atoms with Crippen LogP contribution in [-0.2, 0) is 16.1 Å². The molecule has 4 rings (SSSR count). The van der Waals surface area contributed by atoms with Crippen molar-refractivity contribution >= 4 is 28.5 Å². The summed E-state index contributed by atoms with van der Waals surface area (Å²) in [6, 6.07) is 17.7. The molecule has 0 radical (unpaired) electrons. The maximum atomic E-state index is 15.2. The van der Waals surface area contributed by atoms with Crippen molar-refractivity contribution in [2.24, 2.45) is 0 Å². The molecule has 8 heteroatoms. The number of hydrogen-bond donors (Lipinski definition) is 1. The van der Waals surface area contributed by atoms with Gasteiger partial charge in [-0.3, -0.25) is 14.5 Å². The van der Waals surface area contributed by atoms with Crippen LogP contribution in [-0.4, -0.2) is 32.3 Å². The molecule has 1 atom stereocenters. The van der Waals surface area contributed by atoms with Crippen molar-refractivity contribution in [3.05, 3.63) is 89.2 Å². The molecule has 2 amide bonds. The Hall–Kier alpha value is -4.07. The van der Waals surface area contributed by atoms with E-state index in [1.807, 2.05) is 71.0 Å². The number of amides is 2. The van der Waals surface area contributed by atoms with Gasteiger partial charge < -0.3 is 5.32 Å². The third kappa shape index (κ3) is 5.27. The van der Waals surface area contributed by atoms with E-state index in [-0.39, 0.29) is 12.1 Å². The zero-order chi connectivity index (χ0) is 26.0. The second-order valence-corrected chi connectivity index (χ2v) is 9.95. The number of benzene rings is 3. The number of rotatable bonds is 6. The Bertz CT molecular complexity index is 1420. The molecule has 1 N–H and O–H groups in total. The Morgan fingerprint density at radius 3 is 2.42 bits per heavy atom. The average Bonchev–Trinajstić information content (AvgIpc) is 3.20. The second-order valence-electron chi connectivity index (χ2n) is 9.95. The van der Waals surface area contributed by atoms with Gasteiger partial charge in [-0.15, -0.1) is 5.10 Å². The highest BCUT2D eigenvalue weighted by atomic mass is 19.1. The van der Waals surface area contributed by atoms with Gasteiger partial charge in [-0.1, -0.05) is 53.2 Å². The van der Waals surface area contributed by atoms with Crippen molar-refractivity contribution in [1.82, 2.24) is 20.3 Å². The SMILES string of the molecule is Cc1ccc(N(C(=O)Cn2nnc3ccccc32)C(C(=O)NC(C)(C)C)c2ccccc2F)c(C)c1. The van der Waals surface area contributed by atoms with Gasteiger partial charge in [0.05, 0.1) is 5.52 Å². The van der Waals surface area contributed by atoms with Crippen LogP contribution >= 0.6 is 0 Å². The van der Waals surface area contributed by atoms with Crippen LogP contribution in [0.1, 0.15) is 43.5 Å². The largest absolute Gasteiger partial charge is 0.349 e. The number of hydrogen-bond acceptors (Lipinski definition) is 4. The first-order valence-corrected chi connectivity index (χ1v) is 11.8. The van der Waals surface area contributed by atoms with E-state index in [0.29, 0.717) is 16.7 Å². The number of anilines is 1. The molecule has 0 spiro atoms. The first-order chi connectivity index (χ1) is 17.0. The van der Waals surface area contributed by atoms with Gasteiger partial charge in [0.1, 0.15) is 23.9 Å². The molecular weight excluding hydrogens is 457 g/mol. The fourth-order valence-electron chi connectivity index (χ4n) is 4.26. The Morgan fingerprint density at radius 2 is 1.72 bits per heavy atom. The van der Waals surface area contributed by atoms with E-state index in [4.69, 9.17) is 0 Å². The summed E-state index contributed by atoms with van der Waals surface area (Å²) in [6.07, 6.45) is 0. The van der Waals surface area contributed by atoms with E-state index in [9.17, 15) is 9.59 Å². The molecule has 0 saturated heterocycles. The molecule has 0 aliphatic rings. The van der Waals surface area contributed by atoms with Crippen LogP contribution in [0, 0.1) is 19.7 Å². The Balaban J connectivity index is 1.87. The van der Waals surface area contributed by atoms with Gasteiger partial charge in [0, 0.05) is 16.8 Å². The van der Waals surface area contributed by atoms with Crippen molar-refractivity contribution in [3.63, 3.8) is 0 Å². The summed E-state index contributed by atoms with van der Waals surface area (Å²) in [5.74, 6) is -1.47. The number of nitrogens with one attached hydrogen (secondary N) is 1. The van der Waals surface area contributed by atoms with E-state index < -0.39 is 29.2 Å². The van der Waals surface area contributed by atoms with E-state index in [2.05, 4.69) is 15.6 Å². The van der Waals surface area contributed by atoms with Crippen LogP contribution in [0.4, 0.5) is 10.1 Å². The Morgan fingerprint density at radius 1 is 1.03 bits per heavy atom. The van der Waals surface area contributed by atoms with E-state index in [1.54, 1.807) is 18.2 Å². The molecule has 0 saturated carbocycles. The zero-order valence-electron chi connectivity index (χ0n) is 21.1. The number of fused-ring (bicyclic) bond motifs is 1. The molecule has 0 fully saturated rings. The van der Waals surface area contributed by atoms with Crippen LogP contribution < -0.4 is 10.2 Å². The summed E-state index contributed by atoms with van der Waals surface area (Å²) in [7, 11) is 0. The number of carbonyl (C=O) groups is 2. The monoisotopic (exact) mass is 487 g/mol. The molecule has 1 aromatic heterocycles. The summed E-state index contributed by atoms with van der Waals surface area (Å²) < 4.78 is 16.7. The first-order valence-electron chi connectivity index (χ1n) is 11.8. The highest BCUT2D eigenvalue weighted by Crippen LogP contribution is 2.33. The van der Waals surface area contributed by atoms with Crippen LogP contribution in [0.5, 0.6) is 0 Å². The summed E-state index contributed by atoms with van der Waals surface area (Å²) in [5, 5.41) is 11.2. The molecule has 0 aliphatic carbocycles. The number of para-hydroxylation sites is 1. The van der Waals surface area contributed by atoms with Crippen LogP contribution in [0.25, 0.3) is 11.0 Å². The smallest absolute Gasteiger partial charge is 0.249 e. The lowest BCUT2D eigenvalue weighted by molar-refractivity contribution is -0.128. The molecule has 3 aromatic carbocycles. The van der Waals surface area contributed by atoms with Gasteiger partial charge in [0.25, 0.3) is 0 Å². The van der Waals surface area contributed by atoms with Crippen molar-refractivity contribution in [2.45, 2.75) is 52.7 Å². The van der Waals surface area contributed by atoms with E-state index in [0.717, 1.165) is 11.1 Å². The highest BCUT2D eigenvalue weighted by molar-refractivity contribution is 6.02. The molecule has 0 aliphatic heterocycles. The average molecular weight is 488 g/mol. The van der Waals surface area contributed by atoms with Gasteiger partial charge in [-0.25, -0.2) is 9.07 Å². The van der Waals surface area contributed by atoms with Crippen LogP contribution in [0.15, 0.2) is 66.7 Å². The van der Waals surface area contributed by atoms with Crippen LogP contribution in [0.2, 0.25) is 0 Å². The molecular formula is C28H30FN5O2. The molecule has 36 heavy (non-hydrogen) atoms.